The molecule has 0 aliphatic carbocycles. The van der Waals surface area contributed by atoms with E-state index in [0.717, 1.165) is 38.5 Å². The van der Waals surface area contributed by atoms with E-state index in [9.17, 15) is 9.59 Å². The summed E-state index contributed by atoms with van der Waals surface area (Å²) in [4.78, 5) is 20.5. The minimum Gasteiger partial charge on any atom is -0.481 e. The predicted octanol–water partition coefficient (Wildman–Crippen LogP) is 5.85. The highest BCUT2D eigenvalue weighted by Crippen LogP contribution is 2.11. The van der Waals surface area contributed by atoms with Gasteiger partial charge in [-0.15, -0.1) is 39.5 Å². The highest BCUT2D eigenvalue weighted by Gasteiger charge is 1.98. The zero-order valence-electron chi connectivity index (χ0n) is 14.7. The van der Waals surface area contributed by atoms with Gasteiger partial charge in [0, 0.05) is 12.8 Å². The number of aliphatic carboxylic acids is 2. The van der Waals surface area contributed by atoms with Crippen LogP contribution in [0, 0.1) is 0 Å². The van der Waals surface area contributed by atoms with E-state index in [0.29, 0.717) is 0 Å². The summed E-state index contributed by atoms with van der Waals surface area (Å²) in [6.45, 7) is 18.0. The molecule has 0 aliphatic heterocycles. The molecule has 0 aromatic heterocycles. The van der Waals surface area contributed by atoms with Gasteiger partial charge in [-0.05, 0) is 12.8 Å². The molecule has 0 heterocycles. The van der Waals surface area contributed by atoms with Crippen LogP contribution in [0.2, 0.25) is 0 Å². The van der Waals surface area contributed by atoms with Crippen molar-refractivity contribution >= 4 is 11.9 Å². The molecule has 0 aromatic carbocycles. The molecule has 0 aromatic rings. The summed E-state index contributed by atoms with van der Waals surface area (Å²) in [5, 5.41) is 16.9. The van der Waals surface area contributed by atoms with E-state index in [1.807, 2.05) is 0 Å². The van der Waals surface area contributed by atoms with Crippen LogP contribution in [0.15, 0.2) is 39.5 Å². The fourth-order valence-electron chi connectivity index (χ4n) is 1.79. The Balaban J connectivity index is -0.000000267. The molecule has 2 N–H and O–H groups in total. The average Bonchev–Trinajstić information content (AvgIpc) is 2.57. The molecule has 4 nitrogen and oxygen atoms in total. The Labute approximate surface area is 142 Å². The lowest BCUT2D eigenvalue weighted by atomic mass is 10.1. The van der Waals surface area contributed by atoms with Crippen molar-refractivity contribution in [2.24, 2.45) is 0 Å². The first kappa shape index (κ1) is 29.2. The van der Waals surface area contributed by atoms with Crippen LogP contribution < -0.4 is 0 Å². The summed E-state index contributed by atoms with van der Waals surface area (Å²) in [5.74, 6) is -1.41. The predicted molar refractivity (Wildman–Crippen MR) is 99.8 cm³/mol. The summed E-state index contributed by atoms with van der Waals surface area (Å²) in [6.07, 6.45) is 9.89. The third-order valence-electron chi connectivity index (χ3n) is 2.78. The van der Waals surface area contributed by atoms with Crippen molar-refractivity contribution < 1.29 is 19.8 Å². The van der Waals surface area contributed by atoms with E-state index in [1.54, 1.807) is 0 Å². The first-order valence-electron chi connectivity index (χ1n) is 8.06. The highest BCUT2D eigenvalue weighted by atomic mass is 16.4. The fraction of sp³-hybridized carbons (Fsp3) is 0.579. The third-order valence-corrected chi connectivity index (χ3v) is 2.78. The van der Waals surface area contributed by atoms with Crippen LogP contribution in [0.4, 0.5) is 0 Å². The molecule has 0 saturated heterocycles. The van der Waals surface area contributed by atoms with Gasteiger partial charge in [-0.3, -0.25) is 9.59 Å². The second kappa shape index (κ2) is 32.2. The Morgan fingerprint density at radius 1 is 0.478 bits per heavy atom. The van der Waals surface area contributed by atoms with Crippen molar-refractivity contribution in [2.75, 3.05) is 0 Å². The van der Waals surface area contributed by atoms with Crippen LogP contribution >= 0.6 is 0 Å². The van der Waals surface area contributed by atoms with Gasteiger partial charge in [0.25, 0.3) is 0 Å². The van der Waals surface area contributed by atoms with Crippen LogP contribution in [0.1, 0.15) is 70.6 Å². The largest absolute Gasteiger partial charge is 0.481 e. The van der Waals surface area contributed by atoms with Gasteiger partial charge in [0.2, 0.25) is 0 Å². The highest BCUT2D eigenvalue weighted by molar-refractivity contribution is 5.66. The minimum atomic E-state index is -0.705. The molecule has 0 amide bonds. The Morgan fingerprint density at radius 3 is 0.826 bits per heavy atom. The zero-order valence-corrected chi connectivity index (χ0v) is 14.7. The van der Waals surface area contributed by atoms with Crippen molar-refractivity contribution in [3.8, 4) is 0 Å². The summed E-state index contributed by atoms with van der Waals surface area (Å²) in [6, 6.07) is 0. The minimum absolute atomic E-state index is 0.287. The normalized spacial score (nSPS) is 8.17. The Kier molecular flexibility index (Phi) is 40.9. The second-order valence-electron chi connectivity index (χ2n) is 4.47. The van der Waals surface area contributed by atoms with E-state index in [4.69, 9.17) is 10.2 Å². The molecule has 0 unspecified atom stereocenters. The lowest BCUT2D eigenvalue weighted by Gasteiger charge is -2.01. The van der Waals surface area contributed by atoms with Crippen molar-refractivity contribution in [3.63, 3.8) is 0 Å². The molecule has 0 fully saturated rings. The quantitative estimate of drug-likeness (QED) is 0.348. The number of unbranched alkanes of at least 4 members (excludes halogenated alkanes) is 8. The molecule has 136 valence electrons. The Bertz CT molecular complexity index is 225. The van der Waals surface area contributed by atoms with Gasteiger partial charge in [0.15, 0.2) is 0 Å². The first-order valence-corrected chi connectivity index (χ1v) is 8.06. The average molecular weight is 328 g/mol. The van der Waals surface area contributed by atoms with Gasteiger partial charge >= 0.3 is 11.9 Å². The SMILES string of the molecule is C=C.C=C.C=C.O=C(O)CCCCCCCCCCCC(=O)O. The second-order valence-corrected chi connectivity index (χ2v) is 4.47. The standard InChI is InChI=1S/C13H24O4.3C2H4/c14-12(15)10-8-6-4-2-1-3-5-7-9-11-13(16)17;3*1-2/h1-11H2,(H,14,15)(H,16,17);3*1-2H2. The molecule has 0 aliphatic rings. The number of rotatable bonds is 12. The topological polar surface area (TPSA) is 74.6 Å². The summed E-state index contributed by atoms with van der Waals surface area (Å²) in [5.41, 5.74) is 0. The van der Waals surface area contributed by atoms with E-state index in [1.165, 1.54) is 19.3 Å². The summed E-state index contributed by atoms with van der Waals surface area (Å²) >= 11 is 0. The van der Waals surface area contributed by atoms with Crippen LogP contribution in [-0.4, -0.2) is 22.2 Å². The Morgan fingerprint density at radius 2 is 0.652 bits per heavy atom. The number of hydrogen-bond donors (Lipinski definition) is 2. The van der Waals surface area contributed by atoms with Crippen molar-refractivity contribution in [1.29, 1.82) is 0 Å². The number of carboxylic acid groups (broad SMARTS) is 2. The molecule has 0 bridgehead atoms. The van der Waals surface area contributed by atoms with E-state index in [-0.39, 0.29) is 12.8 Å². The van der Waals surface area contributed by atoms with Gasteiger partial charge in [-0.25, -0.2) is 0 Å². The smallest absolute Gasteiger partial charge is 0.303 e. The summed E-state index contributed by atoms with van der Waals surface area (Å²) in [7, 11) is 0. The van der Waals surface area contributed by atoms with Crippen LogP contribution in [0.5, 0.6) is 0 Å². The fourth-order valence-corrected chi connectivity index (χ4v) is 1.79. The molecule has 4 heteroatoms. The maximum Gasteiger partial charge on any atom is 0.303 e. The molecule has 0 rings (SSSR count). The van der Waals surface area contributed by atoms with Gasteiger partial charge in [-0.1, -0.05) is 44.9 Å². The lowest BCUT2D eigenvalue weighted by molar-refractivity contribution is -0.138. The maximum absolute atomic E-state index is 10.2. The third kappa shape index (κ3) is 45.0. The number of carboxylic acids is 2. The molecular formula is C19H36O4. The lowest BCUT2D eigenvalue weighted by Crippen LogP contribution is -1.94. The monoisotopic (exact) mass is 328 g/mol. The summed E-state index contributed by atoms with van der Waals surface area (Å²) < 4.78 is 0. The van der Waals surface area contributed by atoms with Gasteiger partial charge in [0.05, 0.1) is 0 Å². The van der Waals surface area contributed by atoms with Crippen LogP contribution in [0.25, 0.3) is 0 Å². The maximum atomic E-state index is 10.2. The van der Waals surface area contributed by atoms with Crippen molar-refractivity contribution in [1.82, 2.24) is 0 Å². The molecule has 0 atom stereocenters. The molecule has 0 saturated carbocycles. The number of hydrogen-bond acceptors (Lipinski definition) is 2. The molecule has 0 radical (unpaired) electrons. The van der Waals surface area contributed by atoms with Crippen LogP contribution in [0.3, 0.4) is 0 Å². The number of carbonyl (C=O) groups is 2. The Hall–Kier alpha value is -1.84. The van der Waals surface area contributed by atoms with Crippen LogP contribution in [-0.2, 0) is 9.59 Å². The van der Waals surface area contributed by atoms with E-state index < -0.39 is 11.9 Å². The van der Waals surface area contributed by atoms with Gasteiger partial charge in [0.1, 0.15) is 0 Å². The van der Waals surface area contributed by atoms with Crippen molar-refractivity contribution in [2.45, 2.75) is 70.6 Å². The zero-order chi connectivity index (χ0) is 18.9. The molecule has 0 spiro atoms. The van der Waals surface area contributed by atoms with E-state index >= 15 is 0 Å². The van der Waals surface area contributed by atoms with Crippen molar-refractivity contribution in [3.05, 3.63) is 39.5 Å². The van der Waals surface area contributed by atoms with Gasteiger partial charge in [-0.2, -0.15) is 0 Å². The molecule has 23 heavy (non-hydrogen) atoms. The van der Waals surface area contributed by atoms with Gasteiger partial charge < -0.3 is 10.2 Å². The van der Waals surface area contributed by atoms with E-state index in [2.05, 4.69) is 39.5 Å². The first-order chi connectivity index (χ1) is 11.1. The molecular weight excluding hydrogens is 292 g/mol.